The molecule has 0 saturated heterocycles. The van der Waals surface area contributed by atoms with Crippen LogP contribution in [0.4, 0.5) is 0 Å². The number of hydrogen-bond donors (Lipinski definition) is 2. The lowest BCUT2D eigenvalue weighted by Crippen LogP contribution is -2.29. The Morgan fingerprint density at radius 2 is 2.00 bits per heavy atom. The Labute approximate surface area is 123 Å². The second-order valence-corrected chi connectivity index (χ2v) is 7.09. The third kappa shape index (κ3) is 6.10. The van der Waals surface area contributed by atoms with E-state index in [-0.39, 0.29) is 18.3 Å². The van der Waals surface area contributed by atoms with Gasteiger partial charge in [-0.1, -0.05) is 36.2 Å². The molecule has 0 aliphatic rings. The van der Waals surface area contributed by atoms with Crippen molar-refractivity contribution in [1.29, 1.82) is 0 Å². The van der Waals surface area contributed by atoms with Crippen LogP contribution in [0.25, 0.3) is 0 Å². The second-order valence-electron chi connectivity index (χ2n) is 4.47. The smallest absolute Gasteiger partial charge is 0.215 e. The Kier molecular flexibility index (Phi) is 6.56. The summed E-state index contributed by atoms with van der Waals surface area (Å²) >= 11 is 11.6. The van der Waals surface area contributed by atoms with Gasteiger partial charge in [0.25, 0.3) is 0 Å². The standard InChI is InChI=1S/C12H17Cl2NO3S/c1-9(4-5-16)7-15-19(17,18)8-10-2-3-11(13)12(14)6-10/h2-3,6,9,15-16H,4-5,7-8H2,1H3. The fraction of sp³-hybridized carbons (Fsp3) is 0.500. The molecule has 4 nitrogen and oxygen atoms in total. The molecule has 0 spiro atoms. The van der Waals surface area contributed by atoms with Gasteiger partial charge in [-0.25, -0.2) is 13.1 Å². The largest absolute Gasteiger partial charge is 0.396 e. The van der Waals surface area contributed by atoms with E-state index in [0.29, 0.717) is 28.6 Å². The van der Waals surface area contributed by atoms with E-state index in [9.17, 15) is 8.42 Å². The predicted molar refractivity (Wildman–Crippen MR) is 78.0 cm³/mol. The van der Waals surface area contributed by atoms with Crippen LogP contribution in [0.15, 0.2) is 18.2 Å². The molecule has 0 bridgehead atoms. The molecule has 1 rings (SSSR count). The number of halogens is 2. The van der Waals surface area contributed by atoms with E-state index in [0.717, 1.165) is 0 Å². The maximum Gasteiger partial charge on any atom is 0.215 e. The lowest BCUT2D eigenvalue weighted by Gasteiger charge is -2.12. The zero-order chi connectivity index (χ0) is 14.5. The summed E-state index contributed by atoms with van der Waals surface area (Å²) in [5.74, 6) is -0.0518. The SMILES string of the molecule is CC(CCO)CNS(=O)(=O)Cc1ccc(Cl)c(Cl)c1. The normalized spacial score (nSPS) is 13.5. The molecule has 0 aromatic heterocycles. The Morgan fingerprint density at radius 3 is 2.58 bits per heavy atom. The lowest BCUT2D eigenvalue weighted by molar-refractivity contribution is 0.263. The molecule has 0 fully saturated rings. The zero-order valence-corrected chi connectivity index (χ0v) is 12.9. The molecule has 108 valence electrons. The molecule has 0 radical (unpaired) electrons. The molecule has 0 aliphatic heterocycles. The summed E-state index contributed by atoms with van der Waals surface area (Å²) in [4.78, 5) is 0. The van der Waals surface area contributed by atoms with Gasteiger partial charge in [-0.15, -0.1) is 0 Å². The molecule has 1 atom stereocenters. The van der Waals surface area contributed by atoms with Crippen LogP contribution in [-0.4, -0.2) is 26.7 Å². The third-order valence-electron chi connectivity index (χ3n) is 2.61. The van der Waals surface area contributed by atoms with E-state index in [1.165, 1.54) is 0 Å². The fourth-order valence-electron chi connectivity index (χ4n) is 1.49. The van der Waals surface area contributed by atoms with E-state index in [1.54, 1.807) is 18.2 Å². The highest BCUT2D eigenvalue weighted by molar-refractivity contribution is 7.88. The molecule has 0 heterocycles. The van der Waals surface area contributed by atoms with Crippen LogP contribution in [0, 0.1) is 5.92 Å². The molecule has 7 heteroatoms. The maximum absolute atomic E-state index is 11.9. The van der Waals surface area contributed by atoms with Crippen LogP contribution in [0.2, 0.25) is 10.0 Å². The van der Waals surface area contributed by atoms with Crippen molar-refractivity contribution < 1.29 is 13.5 Å². The average Bonchev–Trinajstić information content (AvgIpc) is 2.32. The molecule has 0 amide bonds. The maximum atomic E-state index is 11.9. The van der Waals surface area contributed by atoms with Crippen molar-refractivity contribution >= 4 is 33.2 Å². The molecule has 0 saturated carbocycles. The summed E-state index contributed by atoms with van der Waals surface area (Å²) in [5.41, 5.74) is 0.580. The minimum Gasteiger partial charge on any atom is -0.396 e. The number of hydrogen-bond acceptors (Lipinski definition) is 3. The Balaban J connectivity index is 2.61. The van der Waals surface area contributed by atoms with E-state index in [1.807, 2.05) is 6.92 Å². The Hall–Kier alpha value is -0.330. The van der Waals surface area contributed by atoms with Crippen molar-refractivity contribution in [2.24, 2.45) is 5.92 Å². The van der Waals surface area contributed by atoms with Crippen molar-refractivity contribution in [2.75, 3.05) is 13.2 Å². The van der Waals surface area contributed by atoms with E-state index < -0.39 is 10.0 Å². The number of benzene rings is 1. The monoisotopic (exact) mass is 325 g/mol. The number of aliphatic hydroxyl groups is 1. The summed E-state index contributed by atoms with van der Waals surface area (Å²) in [6, 6.07) is 4.74. The van der Waals surface area contributed by atoms with Crippen LogP contribution in [-0.2, 0) is 15.8 Å². The number of nitrogens with one attached hydrogen (secondary N) is 1. The summed E-state index contributed by atoms with van der Waals surface area (Å²) < 4.78 is 26.2. The molecule has 2 N–H and O–H groups in total. The Bertz CT molecular complexity index is 520. The second kappa shape index (κ2) is 7.45. The van der Waals surface area contributed by atoms with Crippen molar-refractivity contribution in [2.45, 2.75) is 19.1 Å². The van der Waals surface area contributed by atoms with Crippen molar-refractivity contribution in [3.8, 4) is 0 Å². The van der Waals surface area contributed by atoms with Gasteiger partial charge in [-0.2, -0.15) is 0 Å². The van der Waals surface area contributed by atoms with Crippen molar-refractivity contribution in [3.05, 3.63) is 33.8 Å². The molecule has 19 heavy (non-hydrogen) atoms. The van der Waals surface area contributed by atoms with Gasteiger partial charge in [-0.3, -0.25) is 0 Å². The third-order valence-corrected chi connectivity index (χ3v) is 4.67. The number of aliphatic hydroxyl groups excluding tert-OH is 1. The quantitative estimate of drug-likeness (QED) is 0.809. The van der Waals surface area contributed by atoms with Crippen LogP contribution in [0.1, 0.15) is 18.9 Å². The van der Waals surface area contributed by atoms with Gasteiger partial charge >= 0.3 is 0 Å². The molecular formula is C12H17Cl2NO3S. The van der Waals surface area contributed by atoms with Crippen LogP contribution in [0.5, 0.6) is 0 Å². The highest BCUT2D eigenvalue weighted by atomic mass is 35.5. The van der Waals surface area contributed by atoms with Crippen LogP contribution in [0.3, 0.4) is 0 Å². The summed E-state index contributed by atoms with van der Waals surface area (Å²) in [5, 5.41) is 9.49. The van der Waals surface area contributed by atoms with Gasteiger partial charge in [0.15, 0.2) is 0 Å². The minimum absolute atomic E-state index is 0.0513. The first-order valence-corrected chi connectivity index (χ1v) is 8.27. The first kappa shape index (κ1) is 16.7. The summed E-state index contributed by atoms with van der Waals surface area (Å²) in [6.45, 7) is 2.23. The van der Waals surface area contributed by atoms with E-state index >= 15 is 0 Å². The average molecular weight is 326 g/mol. The molecule has 1 aromatic rings. The van der Waals surface area contributed by atoms with Gasteiger partial charge in [0.05, 0.1) is 15.8 Å². The Morgan fingerprint density at radius 1 is 1.32 bits per heavy atom. The van der Waals surface area contributed by atoms with Gasteiger partial charge in [0, 0.05) is 13.2 Å². The van der Waals surface area contributed by atoms with E-state index in [4.69, 9.17) is 28.3 Å². The fourth-order valence-corrected chi connectivity index (χ4v) is 3.07. The first-order chi connectivity index (χ1) is 8.84. The van der Waals surface area contributed by atoms with Gasteiger partial charge in [0.1, 0.15) is 0 Å². The predicted octanol–water partition coefficient (Wildman–Crippen LogP) is 2.43. The van der Waals surface area contributed by atoms with Crippen molar-refractivity contribution in [1.82, 2.24) is 4.72 Å². The van der Waals surface area contributed by atoms with Gasteiger partial charge in [-0.05, 0) is 30.0 Å². The highest BCUT2D eigenvalue weighted by Crippen LogP contribution is 2.23. The van der Waals surface area contributed by atoms with E-state index in [2.05, 4.69) is 4.72 Å². The van der Waals surface area contributed by atoms with Crippen LogP contribution < -0.4 is 4.72 Å². The molecular weight excluding hydrogens is 309 g/mol. The van der Waals surface area contributed by atoms with Gasteiger partial charge < -0.3 is 5.11 Å². The van der Waals surface area contributed by atoms with Crippen molar-refractivity contribution in [3.63, 3.8) is 0 Å². The summed E-state index contributed by atoms with van der Waals surface area (Å²) in [7, 11) is -3.41. The first-order valence-electron chi connectivity index (χ1n) is 5.86. The molecule has 1 aromatic carbocycles. The van der Waals surface area contributed by atoms with Crippen LogP contribution >= 0.6 is 23.2 Å². The number of rotatable bonds is 7. The highest BCUT2D eigenvalue weighted by Gasteiger charge is 2.13. The lowest BCUT2D eigenvalue weighted by atomic mass is 10.1. The van der Waals surface area contributed by atoms with Gasteiger partial charge in [0.2, 0.25) is 10.0 Å². The summed E-state index contributed by atoms with van der Waals surface area (Å²) in [6.07, 6.45) is 0.565. The zero-order valence-electron chi connectivity index (χ0n) is 10.6. The minimum atomic E-state index is -3.41. The molecule has 0 aliphatic carbocycles. The number of sulfonamides is 1. The molecule has 1 unspecified atom stereocenters. The topological polar surface area (TPSA) is 66.4 Å².